The van der Waals surface area contributed by atoms with Gasteiger partial charge in [-0.2, -0.15) is 0 Å². The number of likely N-dealkylation sites (tertiary alicyclic amines) is 1. The molecule has 1 aromatic carbocycles. The van der Waals surface area contributed by atoms with Crippen LogP contribution in [-0.4, -0.2) is 70.6 Å². The summed E-state index contributed by atoms with van der Waals surface area (Å²) >= 11 is 0. The Morgan fingerprint density at radius 1 is 1.00 bits per heavy atom. The van der Waals surface area contributed by atoms with Crippen molar-refractivity contribution in [1.82, 2.24) is 14.8 Å². The second-order valence-electron chi connectivity index (χ2n) is 8.51. The molecule has 4 rings (SSSR count). The quantitative estimate of drug-likeness (QED) is 0.751. The van der Waals surface area contributed by atoms with Gasteiger partial charge in [0.15, 0.2) is 11.5 Å². The van der Waals surface area contributed by atoms with Gasteiger partial charge in [0.05, 0.1) is 12.7 Å². The zero-order valence-electron chi connectivity index (χ0n) is 18.8. The SMILES string of the molecule is O=C(CN1CCCCCCOc2ccccc2Oc2ncccc2C1=O)N1CCC(O)CC1. The lowest BCUT2D eigenvalue weighted by Crippen LogP contribution is -2.46. The number of aromatic nitrogens is 1. The zero-order chi connectivity index (χ0) is 23.0. The van der Waals surface area contributed by atoms with E-state index in [2.05, 4.69) is 4.98 Å². The first-order valence-electron chi connectivity index (χ1n) is 11.7. The lowest BCUT2D eigenvalue weighted by molar-refractivity contribution is -0.133. The maximum atomic E-state index is 13.6. The van der Waals surface area contributed by atoms with Crippen molar-refractivity contribution in [3.63, 3.8) is 0 Å². The van der Waals surface area contributed by atoms with E-state index in [-0.39, 0.29) is 30.3 Å². The number of pyridine rings is 1. The summed E-state index contributed by atoms with van der Waals surface area (Å²) in [5.74, 6) is 0.921. The average Bonchev–Trinajstić information content (AvgIpc) is 2.83. The molecule has 2 aromatic rings. The highest BCUT2D eigenvalue weighted by Gasteiger charge is 2.27. The van der Waals surface area contributed by atoms with E-state index in [1.807, 2.05) is 18.2 Å². The molecule has 1 fully saturated rings. The zero-order valence-corrected chi connectivity index (χ0v) is 18.8. The van der Waals surface area contributed by atoms with Crippen molar-refractivity contribution in [2.45, 2.75) is 44.6 Å². The van der Waals surface area contributed by atoms with Gasteiger partial charge >= 0.3 is 0 Å². The van der Waals surface area contributed by atoms with Gasteiger partial charge in [-0.25, -0.2) is 4.98 Å². The number of para-hydroxylation sites is 2. The summed E-state index contributed by atoms with van der Waals surface area (Å²) in [6, 6.07) is 10.7. The van der Waals surface area contributed by atoms with Crippen LogP contribution in [0.5, 0.6) is 17.4 Å². The summed E-state index contributed by atoms with van der Waals surface area (Å²) in [7, 11) is 0. The molecule has 0 aliphatic carbocycles. The molecule has 1 N–H and O–H groups in total. The highest BCUT2D eigenvalue weighted by molar-refractivity contribution is 5.98. The Bertz CT molecular complexity index is 959. The molecule has 0 atom stereocenters. The highest BCUT2D eigenvalue weighted by Crippen LogP contribution is 2.32. The minimum absolute atomic E-state index is 0.00294. The van der Waals surface area contributed by atoms with Crippen LogP contribution in [0.2, 0.25) is 0 Å². The fourth-order valence-electron chi connectivity index (χ4n) is 4.13. The molecular formula is C25H31N3O5. The molecule has 1 saturated heterocycles. The Kier molecular flexibility index (Phi) is 7.78. The van der Waals surface area contributed by atoms with Gasteiger partial charge in [-0.3, -0.25) is 9.59 Å². The van der Waals surface area contributed by atoms with Crippen molar-refractivity contribution in [3.05, 3.63) is 48.2 Å². The van der Waals surface area contributed by atoms with E-state index >= 15 is 0 Å². The number of carbonyl (C=O) groups is 2. The topological polar surface area (TPSA) is 92.2 Å². The maximum absolute atomic E-state index is 13.6. The number of aliphatic hydroxyl groups is 1. The monoisotopic (exact) mass is 453 g/mol. The van der Waals surface area contributed by atoms with E-state index in [9.17, 15) is 14.7 Å². The standard InChI is InChI=1S/C25H31N3O5/c29-19-11-15-27(16-12-19)23(30)18-28-14-5-1-2-6-17-32-21-9-3-4-10-22(21)33-24-20(25(28)31)8-7-13-26-24/h3-4,7-10,13,19,29H,1-2,5-6,11-12,14-18H2. The van der Waals surface area contributed by atoms with Gasteiger partial charge in [0, 0.05) is 25.8 Å². The minimum Gasteiger partial charge on any atom is -0.490 e. The molecule has 8 heteroatoms. The average molecular weight is 454 g/mol. The van der Waals surface area contributed by atoms with Gasteiger partial charge in [-0.15, -0.1) is 0 Å². The second kappa shape index (κ2) is 11.1. The Hall–Kier alpha value is -3.13. The van der Waals surface area contributed by atoms with Crippen LogP contribution in [0.15, 0.2) is 42.6 Å². The number of hydrogen-bond acceptors (Lipinski definition) is 6. The summed E-state index contributed by atoms with van der Waals surface area (Å²) in [6.07, 6.45) is 5.97. The van der Waals surface area contributed by atoms with Crippen molar-refractivity contribution in [1.29, 1.82) is 0 Å². The Balaban J connectivity index is 1.58. The van der Waals surface area contributed by atoms with Crippen molar-refractivity contribution >= 4 is 11.8 Å². The number of ether oxygens (including phenoxy) is 2. The van der Waals surface area contributed by atoms with Crippen LogP contribution in [-0.2, 0) is 4.79 Å². The number of aliphatic hydroxyl groups excluding tert-OH is 1. The molecule has 0 spiro atoms. The molecule has 0 bridgehead atoms. The molecule has 0 saturated carbocycles. The molecule has 2 amide bonds. The minimum atomic E-state index is -0.354. The first-order valence-corrected chi connectivity index (χ1v) is 11.7. The molecule has 8 nitrogen and oxygen atoms in total. The van der Waals surface area contributed by atoms with Crippen molar-refractivity contribution in [3.8, 4) is 17.4 Å². The number of amides is 2. The smallest absolute Gasteiger partial charge is 0.259 e. The third-order valence-corrected chi connectivity index (χ3v) is 6.07. The predicted octanol–water partition coefficient (Wildman–Crippen LogP) is 3.25. The summed E-state index contributed by atoms with van der Waals surface area (Å²) in [4.78, 5) is 34.1. The summed E-state index contributed by atoms with van der Waals surface area (Å²) in [5.41, 5.74) is 0.311. The number of fused-ring (bicyclic) bond motifs is 2. The molecule has 3 heterocycles. The van der Waals surface area contributed by atoms with Crippen LogP contribution < -0.4 is 9.47 Å². The lowest BCUT2D eigenvalue weighted by Gasteiger charge is -2.32. The summed E-state index contributed by atoms with van der Waals surface area (Å²) < 4.78 is 11.9. The number of benzene rings is 1. The number of carbonyl (C=O) groups excluding carboxylic acids is 2. The van der Waals surface area contributed by atoms with Crippen LogP contribution >= 0.6 is 0 Å². The first-order chi connectivity index (χ1) is 16.1. The normalized spacial score (nSPS) is 18.4. The lowest BCUT2D eigenvalue weighted by atomic mass is 10.1. The number of piperidine rings is 1. The van der Waals surface area contributed by atoms with Crippen molar-refractivity contribution in [2.24, 2.45) is 0 Å². The maximum Gasteiger partial charge on any atom is 0.259 e. The van der Waals surface area contributed by atoms with Crippen LogP contribution in [0.3, 0.4) is 0 Å². The van der Waals surface area contributed by atoms with Gasteiger partial charge in [-0.1, -0.05) is 25.0 Å². The Morgan fingerprint density at radius 3 is 2.58 bits per heavy atom. The van der Waals surface area contributed by atoms with E-state index in [0.29, 0.717) is 56.1 Å². The molecule has 2 aliphatic heterocycles. The third kappa shape index (κ3) is 6.01. The van der Waals surface area contributed by atoms with Gasteiger partial charge < -0.3 is 24.4 Å². The molecule has 176 valence electrons. The third-order valence-electron chi connectivity index (χ3n) is 6.07. The Labute approximate surface area is 194 Å². The Morgan fingerprint density at radius 2 is 1.76 bits per heavy atom. The van der Waals surface area contributed by atoms with Gasteiger partial charge in [0.25, 0.3) is 5.91 Å². The second-order valence-corrected chi connectivity index (χ2v) is 8.51. The fourth-order valence-corrected chi connectivity index (χ4v) is 4.13. The number of rotatable bonds is 2. The number of nitrogens with zero attached hydrogens (tertiary/aromatic N) is 3. The molecule has 33 heavy (non-hydrogen) atoms. The van der Waals surface area contributed by atoms with E-state index in [1.54, 1.807) is 34.2 Å². The fraction of sp³-hybridized carbons (Fsp3) is 0.480. The van der Waals surface area contributed by atoms with E-state index in [0.717, 1.165) is 25.7 Å². The molecular weight excluding hydrogens is 422 g/mol. The molecule has 0 radical (unpaired) electrons. The molecule has 0 unspecified atom stereocenters. The predicted molar refractivity (Wildman–Crippen MR) is 122 cm³/mol. The molecule has 2 aliphatic rings. The largest absolute Gasteiger partial charge is 0.490 e. The summed E-state index contributed by atoms with van der Waals surface area (Å²) in [6.45, 7) is 2.09. The van der Waals surface area contributed by atoms with Crippen molar-refractivity contribution in [2.75, 3.05) is 32.8 Å². The van der Waals surface area contributed by atoms with Gasteiger partial charge in [-0.05, 0) is 49.9 Å². The van der Waals surface area contributed by atoms with Crippen LogP contribution in [0.1, 0.15) is 48.9 Å². The van der Waals surface area contributed by atoms with Crippen molar-refractivity contribution < 1.29 is 24.2 Å². The van der Waals surface area contributed by atoms with E-state index in [4.69, 9.17) is 9.47 Å². The van der Waals surface area contributed by atoms with Crippen LogP contribution in [0.4, 0.5) is 0 Å². The van der Waals surface area contributed by atoms with Crippen LogP contribution in [0, 0.1) is 0 Å². The first kappa shape index (κ1) is 23.0. The molecule has 1 aromatic heterocycles. The van der Waals surface area contributed by atoms with Gasteiger partial charge in [0.1, 0.15) is 12.1 Å². The number of hydrogen-bond donors (Lipinski definition) is 1. The summed E-state index contributed by atoms with van der Waals surface area (Å²) in [5, 5.41) is 9.74. The highest BCUT2D eigenvalue weighted by atomic mass is 16.5. The van der Waals surface area contributed by atoms with E-state index in [1.165, 1.54) is 0 Å². The van der Waals surface area contributed by atoms with Crippen LogP contribution in [0.25, 0.3) is 0 Å². The van der Waals surface area contributed by atoms with E-state index < -0.39 is 0 Å². The van der Waals surface area contributed by atoms with Gasteiger partial charge in [0.2, 0.25) is 11.8 Å².